The Morgan fingerprint density at radius 1 is 1.33 bits per heavy atom. The van der Waals surface area contributed by atoms with Crippen LogP contribution in [0.1, 0.15) is 37.4 Å². The molecule has 0 saturated heterocycles. The highest BCUT2D eigenvalue weighted by atomic mass is 19.1. The molecule has 3 rings (SSSR count). The number of hydrogen-bond donors (Lipinski definition) is 1. The Kier molecular flexibility index (Phi) is 3.02. The molecule has 0 aromatic heterocycles. The molecule has 0 aliphatic heterocycles. The van der Waals surface area contributed by atoms with Gasteiger partial charge in [-0.15, -0.1) is 0 Å². The van der Waals surface area contributed by atoms with Crippen molar-refractivity contribution in [1.82, 2.24) is 0 Å². The first-order valence-electron chi connectivity index (χ1n) is 6.71. The second kappa shape index (κ2) is 4.54. The van der Waals surface area contributed by atoms with Crippen LogP contribution in [0.2, 0.25) is 0 Å². The summed E-state index contributed by atoms with van der Waals surface area (Å²) in [5, 5.41) is 10.4. The Balaban J connectivity index is 1.86. The molecule has 0 spiro atoms. The summed E-state index contributed by atoms with van der Waals surface area (Å²) in [6.07, 6.45) is 4.05. The van der Waals surface area contributed by atoms with Gasteiger partial charge >= 0.3 is 0 Å². The number of rotatable bonds is 3. The highest BCUT2D eigenvalue weighted by molar-refractivity contribution is 5.33. The fourth-order valence-electron chi connectivity index (χ4n) is 3.83. The van der Waals surface area contributed by atoms with Crippen LogP contribution in [0.25, 0.3) is 0 Å². The minimum Gasteiger partial charge on any atom is -0.494 e. The first kappa shape index (κ1) is 12.0. The van der Waals surface area contributed by atoms with Crippen LogP contribution in [0.3, 0.4) is 0 Å². The molecule has 4 unspecified atom stereocenters. The maximum absolute atomic E-state index is 14.1. The minimum absolute atomic E-state index is 0.217. The Morgan fingerprint density at radius 2 is 2.17 bits per heavy atom. The van der Waals surface area contributed by atoms with Crippen molar-refractivity contribution < 1.29 is 14.2 Å². The lowest BCUT2D eigenvalue weighted by Crippen LogP contribution is -2.20. The standard InChI is InChI=1S/C15H19FO2/c1-18-13-4-2-3-11(14(13)16)15(17)12-8-9-5-6-10(12)7-9/h2-4,9-10,12,15,17H,5-8H2,1H3. The van der Waals surface area contributed by atoms with Crippen LogP contribution in [0.5, 0.6) is 5.75 Å². The molecule has 2 aliphatic rings. The molecule has 0 heterocycles. The van der Waals surface area contributed by atoms with Crippen LogP contribution in [-0.4, -0.2) is 12.2 Å². The second-order valence-electron chi connectivity index (χ2n) is 5.65. The van der Waals surface area contributed by atoms with Crippen LogP contribution in [-0.2, 0) is 0 Å². The van der Waals surface area contributed by atoms with E-state index >= 15 is 0 Å². The molecular formula is C15H19FO2. The van der Waals surface area contributed by atoms with Crippen molar-refractivity contribution in [1.29, 1.82) is 0 Å². The largest absolute Gasteiger partial charge is 0.494 e. The zero-order valence-electron chi connectivity index (χ0n) is 10.6. The number of benzene rings is 1. The Bertz CT molecular complexity index is 446. The normalized spacial score (nSPS) is 31.6. The van der Waals surface area contributed by atoms with Crippen molar-refractivity contribution in [3.05, 3.63) is 29.6 Å². The molecule has 0 radical (unpaired) electrons. The van der Waals surface area contributed by atoms with E-state index in [1.807, 2.05) is 0 Å². The van der Waals surface area contributed by atoms with Gasteiger partial charge in [-0.25, -0.2) is 4.39 Å². The summed E-state index contributed by atoms with van der Waals surface area (Å²) in [5.74, 6) is 1.37. The van der Waals surface area contributed by atoms with E-state index in [-0.39, 0.29) is 11.7 Å². The van der Waals surface area contributed by atoms with Gasteiger partial charge in [0.15, 0.2) is 11.6 Å². The Hall–Kier alpha value is -1.09. The minimum atomic E-state index is -0.685. The van der Waals surface area contributed by atoms with E-state index in [0.29, 0.717) is 11.5 Å². The van der Waals surface area contributed by atoms with Gasteiger partial charge in [0.25, 0.3) is 0 Å². The quantitative estimate of drug-likeness (QED) is 0.891. The molecule has 3 heteroatoms. The number of aliphatic hydroxyl groups excluding tert-OH is 1. The molecule has 1 aromatic rings. The second-order valence-corrected chi connectivity index (χ2v) is 5.65. The van der Waals surface area contributed by atoms with Gasteiger partial charge in [-0.1, -0.05) is 18.6 Å². The molecule has 1 aromatic carbocycles. The predicted molar refractivity (Wildman–Crippen MR) is 66.8 cm³/mol. The lowest BCUT2D eigenvalue weighted by molar-refractivity contribution is 0.0710. The molecule has 18 heavy (non-hydrogen) atoms. The Labute approximate surface area is 107 Å². The smallest absolute Gasteiger partial charge is 0.170 e. The predicted octanol–water partition coefficient (Wildman–Crippen LogP) is 3.30. The van der Waals surface area contributed by atoms with E-state index in [1.54, 1.807) is 18.2 Å². The fourth-order valence-corrected chi connectivity index (χ4v) is 3.83. The average molecular weight is 250 g/mol. The van der Waals surface area contributed by atoms with Crippen molar-refractivity contribution in [2.75, 3.05) is 7.11 Å². The number of halogens is 1. The highest BCUT2D eigenvalue weighted by Crippen LogP contribution is 2.52. The van der Waals surface area contributed by atoms with Crippen LogP contribution in [0.4, 0.5) is 4.39 Å². The van der Waals surface area contributed by atoms with Crippen molar-refractivity contribution in [2.24, 2.45) is 17.8 Å². The lowest BCUT2D eigenvalue weighted by atomic mass is 9.82. The van der Waals surface area contributed by atoms with E-state index in [4.69, 9.17) is 4.74 Å². The Morgan fingerprint density at radius 3 is 2.78 bits per heavy atom. The van der Waals surface area contributed by atoms with Gasteiger partial charge in [-0.3, -0.25) is 0 Å². The zero-order chi connectivity index (χ0) is 12.7. The molecule has 1 N–H and O–H groups in total. The summed E-state index contributed by atoms with van der Waals surface area (Å²) in [6, 6.07) is 5.01. The molecule has 0 amide bonds. The summed E-state index contributed by atoms with van der Waals surface area (Å²) in [7, 11) is 1.45. The van der Waals surface area contributed by atoms with Gasteiger partial charge in [-0.05, 0) is 43.1 Å². The first-order valence-corrected chi connectivity index (χ1v) is 6.71. The average Bonchev–Trinajstić information content (AvgIpc) is 3.00. The monoisotopic (exact) mass is 250 g/mol. The van der Waals surface area contributed by atoms with Crippen molar-refractivity contribution >= 4 is 0 Å². The van der Waals surface area contributed by atoms with Gasteiger partial charge in [0.1, 0.15) is 0 Å². The molecule has 2 aliphatic carbocycles. The molecule has 98 valence electrons. The summed E-state index contributed by atoms with van der Waals surface area (Å²) in [6.45, 7) is 0. The van der Waals surface area contributed by atoms with E-state index < -0.39 is 11.9 Å². The summed E-state index contributed by atoms with van der Waals surface area (Å²) in [5.41, 5.74) is 0.395. The number of hydrogen-bond acceptors (Lipinski definition) is 2. The molecule has 2 saturated carbocycles. The van der Waals surface area contributed by atoms with Gasteiger partial charge in [0.05, 0.1) is 13.2 Å². The van der Waals surface area contributed by atoms with Gasteiger partial charge in [0, 0.05) is 5.56 Å². The lowest BCUT2D eigenvalue weighted by Gasteiger charge is -2.27. The third kappa shape index (κ3) is 1.81. The summed E-state index contributed by atoms with van der Waals surface area (Å²) < 4.78 is 19.1. The molecule has 2 nitrogen and oxygen atoms in total. The number of methoxy groups -OCH3 is 1. The number of ether oxygens (including phenoxy) is 1. The number of aliphatic hydroxyl groups is 1. The van der Waals surface area contributed by atoms with E-state index in [2.05, 4.69) is 0 Å². The SMILES string of the molecule is COc1cccc(C(O)C2CC3CCC2C3)c1F. The van der Waals surface area contributed by atoms with Crippen molar-refractivity contribution in [2.45, 2.75) is 31.8 Å². The van der Waals surface area contributed by atoms with Crippen LogP contribution in [0, 0.1) is 23.6 Å². The maximum atomic E-state index is 14.1. The van der Waals surface area contributed by atoms with Gasteiger partial charge < -0.3 is 9.84 Å². The molecule has 4 atom stereocenters. The van der Waals surface area contributed by atoms with E-state index in [0.717, 1.165) is 12.3 Å². The van der Waals surface area contributed by atoms with Crippen LogP contribution in [0.15, 0.2) is 18.2 Å². The molecule has 2 bridgehead atoms. The fraction of sp³-hybridized carbons (Fsp3) is 0.600. The number of fused-ring (bicyclic) bond motifs is 2. The maximum Gasteiger partial charge on any atom is 0.170 e. The highest BCUT2D eigenvalue weighted by Gasteiger charge is 2.43. The third-order valence-corrected chi connectivity index (χ3v) is 4.73. The first-order chi connectivity index (χ1) is 8.70. The molecular weight excluding hydrogens is 231 g/mol. The third-order valence-electron chi connectivity index (χ3n) is 4.73. The summed E-state index contributed by atoms with van der Waals surface area (Å²) >= 11 is 0. The van der Waals surface area contributed by atoms with E-state index in [9.17, 15) is 9.50 Å². The molecule has 2 fully saturated rings. The summed E-state index contributed by atoms with van der Waals surface area (Å²) in [4.78, 5) is 0. The van der Waals surface area contributed by atoms with E-state index in [1.165, 1.54) is 26.4 Å². The van der Waals surface area contributed by atoms with Crippen molar-refractivity contribution in [3.8, 4) is 5.75 Å². The van der Waals surface area contributed by atoms with Crippen LogP contribution >= 0.6 is 0 Å². The van der Waals surface area contributed by atoms with Crippen molar-refractivity contribution in [3.63, 3.8) is 0 Å². The van der Waals surface area contributed by atoms with Gasteiger partial charge in [-0.2, -0.15) is 0 Å². The topological polar surface area (TPSA) is 29.5 Å². The van der Waals surface area contributed by atoms with Gasteiger partial charge in [0.2, 0.25) is 0 Å². The zero-order valence-corrected chi connectivity index (χ0v) is 10.6. The van der Waals surface area contributed by atoms with Crippen LogP contribution < -0.4 is 4.74 Å².